The number of oxime groups is 1. The zero-order valence-electron chi connectivity index (χ0n) is 15.0. The summed E-state index contributed by atoms with van der Waals surface area (Å²) in [6.07, 6.45) is 3.03. The number of nitrogens with zero attached hydrogens (tertiary/aromatic N) is 2. The van der Waals surface area contributed by atoms with Crippen LogP contribution in [0.3, 0.4) is 0 Å². The highest BCUT2D eigenvalue weighted by atomic mass is 79.9. The fourth-order valence-corrected chi connectivity index (χ4v) is 2.94. The molecule has 1 aromatic heterocycles. The molecule has 0 aliphatic rings. The molecule has 6 nitrogen and oxygen atoms in total. The van der Waals surface area contributed by atoms with Gasteiger partial charge in [-0.3, -0.25) is 9.78 Å². The van der Waals surface area contributed by atoms with Crippen molar-refractivity contribution in [2.75, 3.05) is 7.11 Å². The first-order valence-electron chi connectivity index (χ1n) is 8.07. The van der Waals surface area contributed by atoms with E-state index in [4.69, 9.17) is 16.3 Å². The Morgan fingerprint density at radius 3 is 2.85 bits per heavy atom. The molecule has 26 heavy (non-hydrogen) atoms. The SMILES string of the molecule is CCC(Oc1cc(Cl)c2ncc(Br)cc2c1)C(=O)NC(C)(C)/C=N/OC. The van der Waals surface area contributed by atoms with Crippen molar-refractivity contribution < 1.29 is 14.4 Å². The van der Waals surface area contributed by atoms with E-state index >= 15 is 0 Å². The molecule has 1 N–H and O–H groups in total. The third-order valence-electron chi connectivity index (χ3n) is 3.54. The van der Waals surface area contributed by atoms with Gasteiger partial charge in [0, 0.05) is 22.1 Å². The largest absolute Gasteiger partial charge is 0.481 e. The van der Waals surface area contributed by atoms with Crippen LogP contribution >= 0.6 is 27.5 Å². The molecule has 0 spiro atoms. The topological polar surface area (TPSA) is 72.8 Å². The van der Waals surface area contributed by atoms with Crippen LogP contribution in [-0.2, 0) is 9.63 Å². The molecule has 0 radical (unpaired) electrons. The van der Waals surface area contributed by atoms with E-state index in [2.05, 4.69) is 36.2 Å². The Morgan fingerprint density at radius 1 is 1.46 bits per heavy atom. The van der Waals surface area contributed by atoms with E-state index in [1.807, 2.05) is 32.9 Å². The Hall–Kier alpha value is -1.86. The lowest BCUT2D eigenvalue weighted by molar-refractivity contribution is -0.129. The summed E-state index contributed by atoms with van der Waals surface area (Å²) in [4.78, 5) is 21.5. The van der Waals surface area contributed by atoms with Crippen LogP contribution in [0.4, 0.5) is 0 Å². The molecule has 0 fully saturated rings. The first kappa shape index (κ1) is 20.5. The van der Waals surface area contributed by atoms with Crippen LogP contribution in [0, 0.1) is 0 Å². The third kappa shape index (κ3) is 5.32. The van der Waals surface area contributed by atoms with Crippen molar-refractivity contribution in [2.24, 2.45) is 5.16 Å². The number of ether oxygens (including phenoxy) is 1. The van der Waals surface area contributed by atoms with Crippen LogP contribution in [0.25, 0.3) is 10.9 Å². The number of benzene rings is 1. The fraction of sp³-hybridized carbons (Fsp3) is 0.389. The van der Waals surface area contributed by atoms with Gasteiger partial charge >= 0.3 is 0 Å². The molecule has 0 aliphatic carbocycles. The molecule has 1 atom stereocenters. The highest BCUT2D eigenvalue weighted by Gasteiger charge is 2.25. The van der Waals surface area contributed by atoms with Crippen molar-refractivity contribution in [1.82, 2.24) is 10.3 Å². The average Bonchev–Trinajstić information content (AvgIpc) is 2.57. The average molecular weight is 443 g/mol. The molecule has 1 heterocycles. The first-order valence-corrected chi connectivity index (χ1v) is 9.24. The number of carbonyl (C=O) groups excluding carboxylic acids is 1. The van der Waals surface area contributed by atoms with Gasteiger partial charge in [-0.1, -0.05) is 23.7 Å². The molecule has 0 saturated carbocycles. The monoisotopic (exact) mass is 441 g/mol. The van der Waals surface area contributed by atoms with Crippen LogP contribution in [-0.4, -0.2) is 35.9 Å². The maximum Gasteiger partial charge on any atom is 0.261 e. The minimum Gasteiger partial charge on any atom is -0.481 e. The van der Waals surface area contributed by atoms with Gasteiger partial charge in [-0.15, -0.1) is 0 Å². The number of pyridine rings is 1. The van der Waals surface area contributed by atoms with E-state index in [-0.39, 0.29) is 5.91 Å². The quantitative estimate of drug-likeness (QED) is 0.511. The molecule has 0 saturated heterocycles. The van der Waals surface area contributed by atoms with Crippen LogP contribution in [0.15, 0.2) is 34.0 Å². The summed E-state index contributed by atoms with van der Waals surface area (Å²) >= 11 is 9.68. The fourth-order valence-electron chi connectivity index (χ4n) is 2.32. The lowest BCUT2D eigenvalue weighted by Gasteiger charge is -2.25. The Bertz CT molecular complexity index is 827. The molecule has 2 rings (SSSR count). The van der Waals surface area contributed by atoms with Crippen molar-refractivity contribution in [3.8, 4) is 5.75 Å². The molecular weight excluding hydrogens is 422 g/mol. The Labute approximate surface area is 166 Å². The number of rotatable bonds is 7. The van der Waals surface area contributed by atoms with Gasteiger partial charge < -0.3 is 14.9 Å². The number of hydrogen-bond acceptors (Lipinski definition) is 5. The summed E-state index contributed by atoms with van der Waals surface area (Å²) in [7, 11) is 1.45. The summed E-state index contributed by atoms with van der Waals surface area (Å²) < 4.78 is 6.72. The highest BCUT2D eigenvalue weighted by molar-refractivity contribution is 9.10. The smallest absolute Gasteiger partial charge is 0.261 e. The predicted molar refractivity (Wildman–Crippen MR) is 107 cm³/mol. The second-order valence-electron chi connectivity index (χ2n) is 6.27. The molecule has 8 heteroatoms. The summed E-state index contributed by atoms with van der Waals surface area (Å²) in [6.45, 7) is 5.51. The summed E-state index contributed by atoms with van der Waals surface area (Å²) in [5.41, 5.74) is 0.0105. The molecule has 1 amide bonds. The number of amides is 1. The number of carbonyl (C=O) groups is 1. The highest BCUT2D eigenvalue weighted by Crippen LogP contribution is 2.30. The minimum absolute atomic E-state index is 0.247. The van der Waals surface area contributed by atoms with Gasteiger partial charge in [0.2, 0.25) is 0 Å². The van der Waals surface area contributed by atoms with E-state index in [1.165, 1.54) is 13.3 Å². The van der Waals surface area contributed by atoms with Gasteiger partial charge in [0.1, 0.15) is 12.9 Å². The number of fused-ring (bicyclic) bond motifs is 1. The zero-order valence-corrected chi connectivity index (χ0v) is 17.4. The molecule has 1 unspecified atom stereocenters. The molecular formula is C18H21BrClN3O3. The standard InChI is InChI=1S/C18H21BrClN3O3/c1-5-15(17(24)23-18(2,3)10-22-25-4)26-13-7-11-6-12(19)9-21-16(11)14(20)8-13/h6-10,15H,5H2,1-4H3,(H,23,24)/b22-10+. The van der Waals surface area contributed by atoms with E-state index in [9.17, 15) is 4.79 Å². The predicted octanol–water partition coefficient (Wildman–Crippen LogP) is 4.34. The molecule has 1 aromatic carbocycles. The van der Waals surface area contributed by atoms with Gasteiger partial charge in [-0.05, 0) is 48.3 Å². The first-order chi connectivity index (χ1) is 12.3. The van der Waals surface area contributed by atoms with Gasteiger partial charge in [-0.25, -0.2) is 0 Å². The maximum absolute atomic E-state index is 12.6. The van der Waals surface area contributed by atoms with Crippen molar-refractivity contribution in [3.05, 3.63) is 33.9 Å². The van der Waals surface area contributed by atoms with E-state index in [0.717, 1.165) is 9.86 Å². The molecule has 2 aromatic rings. The summed E-state index contributed by atoms with van der Waals surface area (Å²) in [6, 6.07) is 5.37. The molecule has 0 aliphatic heterocycles. The number of nitrogens with one attached hydrogen (secondary N) is 1. The van der Waals surface area contributed by atoms with Crippen LogP contribution in [0.5, 0.6) is 5.75 Å². The van der Waals surface area contributed by atoms with Gasteiger partial charge in [0.05, 0.1) is 22.3 Å². The number of halogens is 2. The maximum atomic E-state index is 12.6. The van der Waals surface area contributed by atoms with Gasteiger partial charge in [-0.2, -0.15) is 0 Å². The van der Waals surface area contributed by atoms with Gasteiger partial charge in [0.15, 0.2) is 6.10 Å². The second kappa shape index (κ2) is 8.68. The Kier molecular flexibility index (Phi) is 6.83. The van der Waals surface area contributed by atoms with E-state index in [1.54, 1.807) is 12.3 Å². The second-order valence-corrected chi connectivity index (χ2v) is 7.60. The third-order valence-corrected chi connectivity index (χ3v) is 4.27. The van der Waals surface area contributed by atoms with E-state index < -0.39 is 11.6 Å². The van der Waals surface area contributed by atoms with Crippen LogP contribution in [0.1, 0.15) is 27.2 Å². The Balaban J connectivity index is 2.20. The number of hydrogen-bond donors (Lipinski definition) is 1. The summed E-state index contributed by atoms with van der Waals surface area (Å²) in [5.74, 6) is 0.261. The van der Waals surface area contributed by atoms with E-state index in [0.29, 0.717) is 22.7 Å². The molecule has 140 valence electrons. The molecule has 0 bridgehead atoms. The minimum atomic E-state index is -0.668. The number of aromatic nitrogens is 1. The van der Waals surface area contributed by atoms with Crippen molar-refractivity contribution in [1.29, 1.82) is 0 Å². The van der Waals surface area contributed by atoms with Gasteiger partial charge in [0.25, 0.3) is 5.91 Å². The van der Waals surface area contributed by atoms with Crippen molar-refractivity contribution in [3.63, 3.8) is 0 Å². The van der Waals surface area contributed by atoms with Crippen LogP contribution < -0.4 is 10.1 Å². The zero-order chi connectivity index (χ0) is 19.3. The van der Waals surface area contributed by atoms with Crippen molar-refractivity contribution in [2.45, 2.75) is 38.8 Å². The lowest BCUT2D eigenvalue weighted by atomic mass is 10.1. The van der Waals surface area contributed by atoms with Crippen LogP contribution in [0.2, 0.25) is 5.02 Å². The summed E-state index contributed by atoms with van der Waals surface area (Å²) in [5, 5.41) is 7.88. The lowest BCUT2D eigenvalue weighted by Crippen LogP contribution is -2.50. The van der Waals surface area contributed by atoms with Crippen molar-refractivity contribution >= 4 is 50.6 Å². The Morgan fingerprint density at radius 2 is 2.19 bits per heavy atom. The normalized spacial score (nSPS) is 13.0.